The number of benzene rings is 2. The predicted octanol–water partition coefficient (Wildman–Crippen LogP) is 3.02. The zero-order chi connectivity index (χ0) is 15.6. The van der Waals surface area contributed by atoms with Crippen molar-refractivity contribution in [1.82, 2.24) is 0 Å². The molecule has 0 aliphatic heterocycles. The topological polar surface area (TPSA) is 63.3 Å². The summed E-state index contributed by atoms with van der Waals surface area (Å²) in [4.78, 5) is 11.9. The molecule has 0 saturated carbocycles. The Morgan fingerprint density at radius 2 is 1.76 bits per heavy atom. The highest BCUT2D eigenvalue weighted by molar-refractivity contribution is 7.81. The number of carboxylic acids is 1. The van der Waals surface area contributed by atoms with E-state index in [1.807, 2.05) is 37.3 Å². The minimum Gasteiger partial charge on any atom is -0.480 e. The summed E-state index contributed by atoms with van der Waals surface area (Å²) < 4.78 is 0. The largest absolute Gasteiger partial charge is 0.480 e. The molecular weight excluding hydrogens is 282 g/mol. The van der Waals surface area contributed by atoms with Crippen molar-refractivity contribution in [2.45, 2.75) is 19.4 Å². The Balaban J connectivity index is 2.40. The minimum absolute atomic E-state index is 0.530. The van der Waals surface area contributed by atoms with Crippen LogP contribution in [0.25, 0.3) is 0 Å². The Labute approximate surface area is 129 Å². The van der Waals surface area contributed by atoms with Gasteiger partial charge in [0.1, 0.15) is 5.54 Å². The number of nitrogens with two attached hydrogens (primary N) is 1. The lowest BCUT2D eigenvalue weighted by Gasteiger charge is -2.20. The molecule has 0 radical (unpaired) electrons. The van der Waals surface area contributed by atoms with Crippen LogP contribution in [0.5, 0.6) is 0 Å². The quantitative estimate of drug-likeness (QED) is 0.673. The predicted molar refractivity (Wildman–Crippen MR) is 87.6 cm³/mol. The number of thiocarbonyl (C=S) groups is 1. The summed E-state index contributed by atoms with van der Waals surface area (Å²) in [5.74, 6) is -1.07. The fourth-order valence-corrected chi connectivity index (χ4v) is 2.24. The van der Waals surface area contributed by atoms with Crippen molar-refractivity contribution in [1.29, 1.82) is 0 Å². The smallest absolute Gasteiger partial charge is 0.328 e. The third-order valence-corrected chi connectivity index (χ3v) is 3.95. The highest BCUT2D eigenvalue weighted by Gasteiger charge is 2.30. The average Bonchev–Trinajstić information content (AvgIpc) is 2.47. The molecule has 0 bridgehead atoms. The molecule has 1 atom stereocenters. The highest BCUT2D eigenvalue weighted by Crippen LogP contribution is 2.21. The normalized spacial score (nSPS) is 13.5. The van der Waals surface area contributed by atoms with Gasteiger partial charge in [-0.3, -0.25) is 0 Å². The van der Waals surface area contributed by atoms with Crippen LogP contribution in [0.4, 0.5) is 0 Å². The Hall–Kier alpha value is -2.04. The molecule has 0 aliphatic rings. The fraction of sp³-hybridized carbons (Fsp3) is 0.176. The van der Waals surface area contributed by atoms with E-state index in [0.29, 0.717) is 10.4 Å². The van der Waals surface area contributed by atoms with Crippen LogP contribution in [0.3, 0.4) is 0 Å². The maximum Gasteiger partial charge on any atom is 0.328 e. The van der Waals surface area contributed by atoms with Gasteiger partial charge in [-0.15, -0.1) is 0 Å². The van der Waals surface area contributed by atoms with Crippen LogP contribution < -0.4 is 5.73 Å². The van der Waals surface area contributed by atoms with E-state index in [-0.39, 0.29) is 0 Å². The average molecular weight is 299 g/mol. The first-order valence-corrected chi connectivity index (χ1v) is 6.97. The Kier molecular flexibility index (Phi) is 4.21. The molecule has 3 N–H and O–H groups in total. The van der Waals surface area contributed by atoms with Crippen molar-refractivity contribution in [3.63, 3.8) is 0 Å². The van der Waals surface area contributed by atoms with Crippen LogP contribution in [0.15, 0.2) is 48.5 Å². The minimum atomic E-state index is -1.43. The summed E-state index contributed by atoms with van der Waals surface area (Å²) in [7, 11) is 0. The molecule has 2 aromatic carbocycles. The lowest BCUT2D eigenvalue weighted by Crippen LogP contribution is -2.41. The molecule has 0 saturated heterocycles. The first-order chi connectivity index (χ1) is 9.82. The number of aliphatic carboxylic acids is 1. The van der Waals surface area contributed by atoms with E-state index >= 15 is 0 Å². The lowest BCUT2D eigenvalue weighted by atomic mass is 9.91. The van der Waals surface area contributed by atoms with E-state index in [4.69, 9.17) is 18.0 Å². The summed E-state index contributed by atoms with van der Waals surface area (Å²) in [5, 5.41) is 9.21. The number of carbonyl (C=O) groups is 1. The molecule has 2 aromatic rings. The number of hydrogen-bond donors (Lipinski definition) is 2. The van der Waals surface area contributed by atoms with Crippen LogP contribution in [-0.4, -0.2) is 15.9 Å². The summed E-state index contributed by atoms with van der Waals surface area (Å²) >= 11 is 5.49. The molecular formula is C17H17NO2S. The summed E-state index contributed by atoms with van der Waals surface area (Å²) in [5.41, 5.74) is 7.85. The van der Waals surface area contributed by atoms with Gasteiger partial charge in [-0.05, 0) is 36.6 Å². The van der Waals surface area contributed by atoms with Gasteiger partial charge in [-0.2, -0.15) is 0 Å². The van der Waals surface area contributed by atoms with Crippen molar-refractivity contribution in [3.8, 4) is 0 Å². The molecule has 2 rings (SSSR count). The molecule has 0 aromatic heterocycles. The molecule has 0 fully saturated rings. The molecule has 3 nitrogen and oxygen atoms in total. The van der Waals surface area contributed by atoms with E-state index in [0.717, 1.165) is 16.7 Å². The van der Waals surface area contributed by atoms with Crippen molar-refractivity contribution in [2.24, 2.45) is 5.73 Å². The molecule has 0 heterocycles. The summed E-state index contributed by atoms with van der Waals surface area (Å²) in [6.07, 6.45) is 0. The molecule has 21 heavy (non-hydrogen) atoms. The third kappa shape index (κ3) is 3.17. The Morgan fingerprint density at radius 1 is 1.14 bits per heavy atom. The van der Waals surface area contributed by atoms with E-state index in [1.54, 1.807) is 18.2 Å². The number of carboxylic acid groups (broad SMARTS) is 1. The maximum atomic E-state index is 11.3. The molecule has 0 spiro atoms. The zero-order valence-corrected chi connectivity index (χ0v) is 12.8. The van der Waals surface area contributed by atoms with Crippen LogP contribution >= 0.6 is 12.2 Å². The lowest BCUT2D eigenvalue weighted by molar-refractivity contribution is -0.143. The Bertz CT molecular complexity index is 690. The summed E-state index contributed by atoms with van der Waals surface area (Å²) in [6, 6.07) is 15.0. The molecule has 0 aliphatic carbocycles. The fourth-order valence-electron chi connectivity index (χ4n) is 1.98. The van der Waals surface area contributed by atoms with Crippen molar-refractivity contribution in [3.05, 3.63) is 70.8 Å². The van der Waals surface area contributed by atoms with Crippen molar-refractivity contribution >= 4 is 23.1 Å². The van der Waals surface area contributed by atoms with E-state index < -0.39 is 11.5 Å². The molecule has 4 heteroatoms. The van der Waals surface area contributed by atoms with Crippen molar-refractivity contribution < 1.29 is 9.90 Å². The first kappa shape index (κ1) is 15.4. The highest BCUT2D eigenvalue weighted by atomic mass is 32.1. The van der Waals surface area contributed by atoms with Gasteiger partial charge in [0.15, 0.2) is 0 Å². The Morgan fingerprint density at radius 3 is 2.33 bits per heavy atom. The first-order valence-electron chi connectivity index (χ1n) is 6.56. The molecule has 1 unspecified atom stereocenters. The number of rotatable bonds is 4. The second kappa shape index (κ2) is 5.76. The molecule has 108 valence electrons. The van der Waals surface area contributed by atoms with Gasteiger partial charge < -0.3 is 10.8 Å². The second-order valence-electron chi connectivity index (χ2n) is 5.28. The van der Waals surface area contributed by atoms with Gasteiger partial charge in [0, 0.05) is 0 Å². The number of aryl methyl sites for hydroxylation is 1. The summed E-state index contributed by atoms with van der Waals surface area (Å²) in [6.45, 7) is 3.49. The monoisotopic (exact) mass is 299 g/mol. The van der Waals surface area contributed by atoms with Crippen LogP contribution in [0, 0.1) is 6.92 Å². The van der Waals surface area contributed by atoms with Gasteiger partial charge in [-0.1, -0.05) is 60.2 Å². The molecule has 0 amide bonds. The third-order valence-electron chi connectivity index (χ3n) is 3.48. The standard InChI is InChI=1S/C17H17NO2S/c1-11-6-8-12(9-7-11)15(21)13-4-3-5-14(10-13)17(2,18)16(19)20/h3-10H,18H2,1-2H3,(H,19,20). The SMILES string of the molecule is Cc1ccc(C(=S)c2cccc(C(C)(N)C(=O)O)c2)cc1. The van der Waals surface area contributed by atoms with Crippen LogP contribution in [0.1, 0.15) is 29.2 Å². The van der Waals surface area contributed by atoms with Gasteiger partial charge in [-0.25, -0.2) is 4.79 Å². The van der Waals surface area contributed by atoms with E-state index in [1.165, 1.54) is 6.92 Å². The maximum absolute atomic E-state index is 11.3. The van der Waals surface area contributed by atoms with Gasteiger partial charge in [0.05, 0.1) is 4.86 Å². The van der Waals surface area contributed by atoms with Crippen LogP contribution in [0.2, 0.25) is 0 Å². The van der Waals surface area contributed by atoms with Gasteiger partial charge >= 0.3 is 5.97 Å². The second-order valence-corrected chi connectivity index (χ2v) is 5.69. The zero-order valence-electron chi connectivity index (χ0n) is 12.0. The van der Waals surface area contributed by atoms with Crippen LogP contribution in [-0.2, 0) is 10.3 Å². The van der Waals surface area contributed by atoms with E-state index in [2.05, 4.69) is 0 Å². The number of hydrogen-bond acceptors (Lipinski definition) is 3. The van der Waals surface area contributed by atoms with Crippen molar-refractivity contribution in [2.75, 3.05) is 0 Å². The van der Waals surface area contributed by atoms with Gasteiger partial charge in [0.25, 0.3) is 0 Å². The van der Waals surface area contributed by atoms with E-state index in [9.17, 15) is 9.90 Å². The van der Waals surface area contributed by atoms with Gasteiger partial charge in [0.2, 0.25) is 0 Å².